The van der Waals surface area contributed by atoms with E-state index >= 15 is 0 Å². The van der Waals surface area contributed by atoms with Crippen LogP contribution in [-0.4, -0.2) is 23.6 Å². The van der Waals surface area contributed by atoms with Crippen molar-refractivity contribution in [1.29, 1.82) is 0 Å². The minimum absolute atomic E-state index is 0.0584. The van der Waals surface area contributed by atoms with E-state index in [2.05, 4.69) is 5.32 Å². The fourth-order valence-electron chi connectivity index (χ4n) is 3.17. The molecule has 0 aliphatic rings. The number of rotatable bonds is 7. The van der Waals surface area contributed by atoms with Crippen LogP contribution in [0.1, 0.15) is 40.5 Å². The Morgan fingerprint density at radius 2 is 1.59 bits per heavy atom. The number of anilines is 1. The number of ether oxygens (including phenoxy) is 2. The van der Waals surface area contributed by atoms with Gasteiger partial charge in [-0.15, -0.1) is 0 Å². The number of amides is 1. The van der Waals surface area contributed by atoms with Gasteiger partial charge in [0.1, 0.15) is 17.1 Å². The topological polar surface area (TPSA) is 86.6 Å². The fourth-order valence-corrected chi connectivity index (χ4v) is 3.17. The van der Waals surface area contributed by atoms with Crippen molar-refractivity contribution < 1.29 is 19.1 Å². The number of hydrogen-bond acceptors (Lipinski definition) is 5. The highest BCUT2D eigenvalue weighted by molar-refractivity contribution is 6.04. The normalized spacial score (nSPS) is 10.5. The lowest BCUT2D eigenvalue weighted by molar-refractivity contribution is -0.134. The summed E-state index contributed by atoms with van der Waals surface area (Å²) >= 11 is 0. The van der Waals surface area contributed by atoms with E-state index in [0.29, 0.717) is 18.0 Å². The highest BCUT2D eigenvalue weighted by Gasteiger charge is 2.17. The maximum absolute atomic E-state index is 13.1. The molecule has 0 atom stereocenters. The number of nitrogens with zero attached hydrogens (tertiary/aromatic N) is 1. The third-order valence-electron chi connectivity index (χ3n) is 5.19. The van der Waals surface area contributed by atoms with E-state index in [1.807, 2.05) is 38.1 Å². The number of aromatic nitrogens is 1. The van der Waals surface area contributed by atoms with E-state index in [-0.39, 0.29) is 23.5 Å². The van der Waals surface area contributed by atoms with Crippen LogP contribution in [0.5, 0.6) is 11.5 Å². The number of carbonyl (C=O) groups excluding carboxylic acids is 2. The predicted octanol–water partition coefficient (Wildman–Crippen LogP) is 4.09. The summed E-state index contributed by atoms with van der Waals surface area (Å²) in [6.07, 6.45) is 0.272. The first-order valence-electron chi connectivity index (χ1n) is 10.3. The van der Waals surface area contributed by atoms with Crippen LogP contribution in [-0.2, 0) is 11.3 Å². The first kappa shape index (κ1) is 22.8. The Hall–Kier alpha value is -3.87. The van der Waals surface area contributed by atoms with Crippen LogP contribution in [0.25, 0.3) is 0 Å². The number of benzene rings is 2. The van der Waals surface area contributed by atoms with E-state index in [4.69, 9.17) is 9.47 Å². The molecule has 7 heteroatoms. The molecule has 7 nitrogen and oxygen atoms in total. The van der Waals surface area contributed by atoms with Gasteiger partial charge in [-0.2, -0.15) is 0 Å². The van der Waals surface area contributed by atoms with Crippen LogP contribution >= 0.6 is 0 Å². The molecule has 0 radical (unpaired) electrons. The van der Waals surface area contributed by atoms with Gasteiger partial charge in [-0.1, -0.05) is 19.1 Å². The van der Waals surface area contributed by atoms with Crippen molar-refractivity contribution in [2.24, 2.45) is 0 Å². The summed E-state index contributed by atoms with van der Waals surface area (Å²) in [6.45, 7) is 5.78. The first-order chi connectivity index (χ1) is 15.3. The van der Waals surface area contributed by atoms with Crippen LogP contribution < -0.4 is 20.3 Å². The Balaban J connectivity index is 1.83. The highest BCUT2D eigenvalue weighted by Crippen LogP contribution is 2.18. The van der Waals surface area contributed by atoms with Gasteiger partial charge in [0.2, 0.25) is 0 Å². The lowest BCUT2D eigenvalue weighted by Crippen LogP contribution is -2.31. The molecule has 3 rings (SSSR count). The van der Waals surface area contributed by atoms with Gasteiger partial charge in [0.25, 0.3) is 11.5 Å². The molecule has 1 N–H and O–H groups in total. The molecule has 1 aromatic heterocycles. The average molecular weight is 434 g/mol. The largest absolute Gasteiger partial charge is 0.497 e. The lowest BCUT2D eigenvalue weighted by atomic mass is 10.1. The molecule has 32 heavy (non-hydrogen) atoms. The summed E-state index contributed by atoms with van der Waals surface area (Å²) in [5.74, 6) is 0.287. The molecule has 0 saturated heterocycles. The molecule has 0 spiro atoms. The van der Waals surface area contributed by atoms with Crippen molar-refractivity contribution in [3.63, 3.8) is 0 Å². The number of aryl methyl sites for hydroxylation is 1. The second-order valence-electron chi connectivity index (χ2n) is 7.37. The molecule has 0 aliphatic carbocycles. The van der Waals surface area contributed by atoms with Crippen molar-refractivity contribution in [3.8, 4) is 11.5 Å². The van der Waals surface area contributed by atoms with Gasteiger partial charge in [-0.05, 0) is 67.4 Å². The minimum atomic E-state index is -0.500. The molecule has 3 aromatic rings. The number of carbonyl (C=O) groups is 2. The number of pyridine rings is 1. The minimum Gasteiger partial charge on any atom is -0.497 e. The summed E-state index contributed by atoms with van der Waals surface area (Å²) in [5.41, 5.74) is 2.74. The zero-order valence-corrected chi connectivity index (χ0v) is 18.6. The van der Waals surface area contributed by atoms with Gasteiger partial charge in [-0.3, -0.25) is 14.4 Å². The highest BCUT2D eigenvalue weighted by atomic mass is 16.5. The molecule has 1 heterocycles. The van der Waals surface area contributed by atoms with Crippen molar-refractivity contribution in [2.75, 3.05) is 12.4 Å². The maximum atomic E-state index is 13.1. The number of hydrogen-bond donors (Lipinski definition) is 1. The summed E-state index contributed by atoms with van der Waals surface area (Å²) in [5, 5.41) is 2.74. The average Bonchev–Trinajstić information content (AvgIpc) is 2.80. The molecule has 0 aliphatic heterocycles. The summed E-state index contributed by atoms with van der Waals surface area (Å²) in [4.78, 5) is 37.4. The smallest absolute Gasteiger partial charge is 0.310 e. The Kier molecular flexibility index (Phi) is 7.10. The molecule has 0 unspecified atom stereocenters. The third kappa shape index (κ3) is 5.24. The molecule has 2 aromatic carbocycles. The van der Waals surface area contributed by atoms with Gasteiger partial charge in [0.05, 0.1) is 13.7 Å². The van der Waals surface area contributed by atoms with Crippen LogP contribution in [0.15, 0.2) is 59.4 Å². The fraction of sp³-hybridized carbons (Fsp3) is 0.240. The van der Waals surface area contributed by atoms with Crippen molar-refractivity contribution in [3.05, 3.63) is 87.3 Å². The van der Waals surface area contributed by atoms with Gasteiger partial charge in [0, 0.05) is 17.8 Å². The molecule has 166 valence electrons. The molecule has 0 bridgehead atoms. The zero-order chi connectivity index (χ0) is 23.3. The molecular weight excluding hydrogens is 408 g/mol. The standard InChI is InChI=1S/C25H26N2O5/c1-5-23(28)32-21-12-8-19(9-13-21)26-24(29)22-14-16(2)17(3)27(25(22)30)15-18-6-10-20(31-4)11-7-18/h6-14H,5,15H2,1-4H3,(H,26,29). The van der Waals surface area contributed by atoms with Crippen LogP contribution in [0.2, 0.25) is 0 Å². The van der Waals surface area contributed by atoms with E-state index in [1.54, 1.807) is 48.9 Å². The van der Waals surface area contributed by atoms with E-state index in [1.165, 1.54) is 0 Å². The summed E-state index contributed by atoms with van der Waals surface area (Å²) < 4.78 is 11.9. The Morgan fingerprint density at radius 3 is 2.19 bits per heavy atom. The van der Waals surface area contributed by atoms with Crippen LogP contribution in [0.4, 0.5) is 5.69 Å². The predicted molar refractivity (Wildman–Crippen MR) is 123 cm³/mol. The monoisotopic (exact) mass is 434 g/mol. The molecule has 0 saturated carbocycles. The molecule has 1 amide bonds. The van der Waals surface area contributed by atoms with Gasteiger partial charge in [0.15, 0.2) is 0 Å². The van der Waals surface area contributed by atoms with Crippen molar-refractivity contribution >= 4 is 17.6 Å². The van der Waals surface area contributed by atoms with Crippen molar-refractivity contribution in [2.45, 2.75) is 33.7 Å². The maximum Gasteiger partial charge on any atom is 0.310 e. The quantitative estimate of drug-likeness (QED) is 0.447. The lowest BCUT2D eigenvalue weighted by Gasteiger charge is -2.15. The second kappa shape index (κ2) is 9.96. The van der Waals surface area contributed by atoms with Gasteiger partial charge in [-0.25, -0.2) is 0 Å². The Morgan fingerprint density at radius 1 is 0.969 bits per heavy atom. The number of nitrogens with one attached hydrogen (secondary N) is 1. The number of methoxy groups -OCH3 is 1. The Labute approximate surface area is 186 Å². The van der Waals surface area contributed by atoms with E-state index in [9.17, 15) is 14.4 Å². The molecule has 0 fully saturated rings. The SMILES string of the molecule is CCC(=O)Oc1ccc(NC(=O)c2cc(C)c(C)n(Cc3ccc(OC)cc3)c2=O)cc1. The van der Waals surface area contributed by atoms with E-state index < -0.39 is 5.91 Å². The zero-order valence-electron chi connectivity index (χ0n) is 18.6. The van der Waals surface area contributed by atoms with Gasteiger partial charge >= 0.3 is 5.97 Å². The number of esters is 1. The van der Waals surface area contributed by atoms with Crippen molar-refractivity contribution in [1.82, 2.24) is 4.57 Å². The van der Waals surface area contributed by atoms with Crippen LogP contribution in [0, 0.1) is 13.8 Å². The second-order valence-corrected chi connectivity index (χ2v) is 7.37. The first-order valence-corrected chi connectivity index (χ1v) is 10.3. The van der Waals surface area contributed by atoms with Gasteiger partial charge < -0.3 is 19.4 Å². The summed E-state index contributed by atoms with van der Waals surface area (Å²) in [7, 11) is 1.60. The third-order valence-corrected chi connectivity index (χ3v) is 5.19. The summed E-state index contributed by atoms with van der Waals surface area (Å²) in [6, 6.07) is 15.5. The van der Waals surface area contributed by atoms with Crippen LogP contribution in [0.3, 0.4) is 0 Å². The molecular formula is C25H26N2O5. The Bertz CT molecular complexity index is 1180. The van der Waals surface area contributed by atoms with E-state index in [0.717, 1.165) is 22.6 Å².